The molecule has 1 aromatic heterocycles. The van der Waals surface area contributed by atoms with Crippen LogP contribution in [0.3, 0.4) is 0 Å². The summed E-state index contributed by atoms with van der Waals surface area (Å²) in [7, 11) is 0. The van der Waals surface area contributed by atoms with Crippen molar-refractivity contribution in [3.63, 3.8) is 0 Å². The van der Waals surface area contributed by atoms with Gasteiger partial charge in [0.1, 0.15) is 10.9 Å². The van der Waals surface area contributed by atoms with Crippen molar-refractivity contribution in [1.29, 1.82) is 0 Å². The van der Waals surface area contributed by atoms with Gasteiger partial charge in [0.2, 0.25) is 0 Å². The van der Waals surface area contributed by atoms with Crippen molar-refractivity contribution < 1.29 is 0 Å². The normalized spacial score (nSPS) is 19.4. The van der Waals surface area contributed by atoms with E-state index in [0.717, 1.165) is 16.2 Å². The summed E-state index contributed by atoms with van der Waals surface area (Å²) in [6.45, 7) is 4.67. The first-order chi connectivity index (χ1) is 8.72. The van der Waals surface area contributed by atoms with Crippen LogP contribution in [0.2, 0.25) is 0 Å². The van der Waals surface area contributed by atoms with Crippen LogP contribution in [0.5, 0.6) is 0 Å². The topological polar surface area (TPSA) is 21.1 Å². The summed E-state index contributed by atoms with van der Waals surface area (Å²) in [6, 6.07) is 8.68. The first-order valence-electron chi connectivity index (χ1n) is 6.27. The second-order valence-electron chi connectivity index (χ2n) is 4.96. The monoisotopic (exact) mass is 305 g/mol. The predicted molar refractivity (Wildman–Crippen MR) is 77.3 cm³/mol. The van der Waals surface area contributed by atoms with Gasteiger partial charge in [-0.3, -0.25) is 0 Å². The molecule has 0 saturated carbocycles. The van der Waals surface area contributed by atoms with Crippen LogP contribution in [-0.2, 0) is 0 Å². The Morgan fingerprint density at radius 1 is 1.22 bits per heavy atom. The van der Waals surface area contributed by atoms with Crippen LogP contribution in [0.4, 0.5) is 5.69 Å². The van der Waals surface area contributed by atoms with E-state index in [1.807, 2.05) is 17.1 Å². The van der Waals surface area contributed by atoms with Crippen molar-refractivity contribution in [2.24, 2.45) is 5.92 Å². The number of hydrogen-bond donors (Lipinski definition) is 0. The maximum atomic E-state index is 4.17. The van der Waals surface area contributed by atoms with E-state index in [9.17, 15) is 0 Å². The maximum Gasteiger partial charge on any atom is 0.124 e. The second kappa shape index (κ2) is 4.76. The smallest absolute Gasteiger partial charge is 0.124 e. The molecule has 1 atom stereocenters. The number of aromatic nitrogens is 2. The summed E-state index contributed by atoms with van der Waals surface area (Å²) in [4.78, 5) is 6.63. The molecule has 4 heteroatoms. The number of benzene rings is 1. The van der Waals surface area contributed by atoms with Gasteiger partial charge in [-0.25, -0.2) is 4.98 Å². The van der Waals surface area contributed by atoms with Crippen molar-refractivity contribution in [3.8, 4) is 5.69 Å². The van der Waals surface area contributed by atoms with Gasteiger partial charge < -0.3 is 9.47 Å². The number of hydrogen-bond acceptors (Lipinski definition) is 2. The van der Waals surface area contributed by atoms with Gasteiger partial charge in [-0.2, -0.15) is 0 Å². The molecule has 1 fully saturated rings. The van der Waals surface area contributed by atoms with Gasteiger partial charge >= 0.3 is 0 Å². The SMILES string of the molecule is CC1CCN(c2ccc(-n3cnc(Br)c3)cc2)C1. The molecule has 3 nitrogen and oxygen atoms in total. The highest BCUT2D eigenvalue weighted by Crippen LogP contribution is 2.24. The lowest BCUT2D eigenvalue weighted by molar-refractivity contribution is 0.659. The van der Waals surface area contributed by atoms with Crippen molar-refractivity contribution in [1.82, 2.24) is 9.55 Å². The lowest BCUT2D eigenvalue weighted by Gasteiger charge is -2.18. The minimum atomic E-state index is 0.814. The van der Waals surface area contributed by atoms with E-state index < -0.39 is 0 Å². The molecule has 2 heterocycles. The Hall–Kier alpha value is -1.29. The Balaban J connectivity index is 1.81. The van der Waals surface area contributed by atoms with Crippen LogP contribution >= 0.6 is 15.9 Å². The molecule has 0 radical (unpaired) electrons. The number of nitrogens with zero attached hydrogens (tertiary/aromatic N) is 3. The second-order valence-corrected chi connectivity index (χ2v) is 5.77. The van der Waals surface area contributed by atoms with Gasteiger partial charge in [0.05, 0.1) is 0 Å². The van der Waals surface area contributed by atoms with Crippen LogP contribution < -0.4 is 4.90 Å². The van der Waals surface area contributed by atoms with E-state index in [4.69, 9.17) is 0 Å². The fraction of sp³-hybridized carbons (Fsp3) is 0.357. The Kier molecular flexibility index (Phi) is 3.12. The highest BCUT2D eigenvalue weighted by Gasteiger charge is 2.18. The molecule has 1 aromatic carbocycles. The maximum absolute atomic E-state index is 4.17. The van der Waals surface area contributed by atoms with Crippen molar-refractivity contribution >= 4 is 21.6 Å². The van der Waals surface area contributed by atoms with Crippen molar-refractivity contribution in [2.75, 3.05) is 18.0 Å². The van der Waals surface area contributed by atoms with Crippen molar-refractivity contribution in [3.05, 3.63) is 41.4 Å². The molecule has 3 rings (SSSR count). The first kappa shape index (κ1) is 11.8. The third-order valence-electron chi connectivity index (χ3n) is 3.49. The van der Waals surface area contributed by atoms with E-state index in [-0.39, 0.29) is 0 Å². The minimum Gasteiger partial charge on any atom is -0.371 e. The average Bonchev–Trinajstić information content (AvgIpc) is 2.98. The third-order valence-corrected chi connectivity index (χ3v) is 3.90. The molecule has 0 aliphatic carbocycles. The van der Waals surface area contributed by atoms with E-state index in [1.54, 1.807) is 0 Å². The molecular formula is C14H16BrN3. The molecule has 1 unspecified atom stereocenters. The minimum absolute atomic E-state index is 0.814. The quantitative estimate of drug-likeness (QED) is 0.847. The Labute approximate surface area is 116 Å². The summed E-state index contributed by atoms with van der Waals surface area (Å²) < 4.78 is 2.88. The van der Waals surface area contributed by atoms with Gasteiger partial charge in [0.15, 0.2) is 0 Å². The van der Waals surface area contributed by atoms with E-state index >= 15 is 0 Å². The summed E-state index contributed by atoms with van der Waals surface area (Å²) in [5.74, 6) is 0.814. The van der Waals surface area contributed by atoms with Crippen LogP contribution in [-0.4, -0.2) is 22.6 Å². The van der Waals surface area contributed by atoms with Crippen molar-refractivity contribution in [2.45, 2.75) is 13.3 Å². The Morgan fingerprint density at radius 2 is 1.94 bits per heavy atom. The molecule has 1 aliphatic heterocycles. The molecule has 1 aliphatic rings. The number of anilines is 1. The van der Waals surface area contributed by atoms with Gasteiger partial charge in [-0.05, 0) is 52.5 Å². The number of rotatable bonds is 2. The first-order valence-corrected chi connectivity index (χ1v) is 7.06. The average molecular weight is 306 g/mol. The fourth-order valence-electron chi connectivity index (χ4n) is 2.45. The highest BCUT2D eigenvalue weighted by atomic mass is 79.9. The fourth-order valence-corrected chi connectivity index (χ4v) is 2.76. The van der Waals surface area contributed by atoms with Crippen LogP contribution in [0.15, 0.2) is 41.4 Å². The Morgan fingerprint density at radius 3 is 2.50 bits per heavy atom. The molecular weight excluding hydrogens is 290 g/mol. The molecule has 18 heavy (non-hydrogen) atoms. The largest absolute Gasteiger partial charge is 0.371 e. The van der Waals surface area contributed by atoms with Gasteiger partial charge in [-0.1, -0.05) is 6.92 Å². The standard InChI is InChI=1S/C14H16BrN3/c1-11-6-7-17(8-11)12-2-4-13(5-3-12)18-9-14(15)16-10-18/h2-5,9-11H,6-8H2,1H3. The number of halogens is 1. The molecule has 1 saturated heterocycles. The summed E-state index contributed by atoms with van der Waals surface area (Å²) in [5.41, 5.74) is 2.46. The molecule has 0 bridgehead atoms. The zero-order valence-electron chi connectivity index (χ0n) is 10.4. The van der Waals surface area contributed by atoms with Crippen LogP contribution in [0.1, 0.15) is 13.3 Å². The van der Waals surface area contributed by atoms with Gasteiger partial charge in [0, 0.05) is 30.7 Å². The Bertz CT molecular complexity index is 532. The molecule has 0 spiro atoms. The molecule has 2 aromatic rings. The zero-order chi connectivity index (χ0) is 12.5. The van der Waals surface area contributed by atoms with Crippen LogP contribution in [0.25, 0.3) is 5.69 Å². The predicted octanol–water partition coefficient (Wildman–Crippen LogP) is 3.48. The molecule has 0 N–H and O–H groups in total. The van der Waals surface area contributed by atoms with E-state index in [1.165, 1.54) is 25.2 Å². The highest BCUT2D eigenvalue weighted by molar-refractivity contribution is 9.10. The van der Waals surface area contributed by atoms with Crippen LogP contribution in [0, 0.1) is 5.92 Å². The van der Waals surface area contributed by atoms with Gasteiger partial charge in [-0.15, -0.1) is 0 Å². The summed E-state index contributed by atoms with van der Waals surface area (Å²) >= 11 is 3.36. The zero-order valence-corrected chi connectivity index (χ0v) is 12.0. The summed E-state index contributed by atoms with van der Waals surface area (Å²) in [6.07, 6.45) is 5.08. The summed E-state index contributed by atoms with van der Waals surface area (Å²) in [5, 5.41) is 0. The lowest BCUT2D eigenvalue weighted by atomic mass is 10.2. The molecule has 94 valence electrons. The third kappa shape index (κ3) is 2.29. The number of imidazole rings is 1. The van der Waals surface area contributed by atoms with E-state index in [2.05, 4.69) is 57.0 Å². The molecule has 0 amide bonds. The lowest BCUT2D eigenvalue weighted by Crippen LogP contribution is -2.18. The van der Waals surface area contributed by atoms with Gasteiger partial charge in [0.25, 0.3) is 0 Å². The van der Waals surface area contributed by atoms with E-state index in [0.29, 0.717) is 0 Å².